The van der Waals surface area contributed by atoms with Crippen molar-refractivity contribution in [1.82, 2.24) is 8.96 Å². The van der Waals surface area contributed by atoms with Crippen LogP contribution in [-0.2, 0) is 16.4 Å². The molecule has 0 unspecified atom stereocenters. The third-order valence-corrected chi connectivity index (χ3v) is 6.55. The Kier molecular flexibility index (Phi) is 4.32. The van der Waals surface area contributed by atoms with Crippen molar-refractivity contribution in [3.05, 3.63) is 66.5 Å². The van der Waals surface area contributed by atoms with Gasteiger partial charge in [-0.15, -0.1) is 0 Å². The molecule has 1 N–H and O–H groups in total. The highest BCUT2D eigenvalue weighted by Crippen LogP contribution is 2.29. The molecule has 4 nitrogen and oxygen atoms in total. The third kappa shape index (κ3) is 2.82. The van der Waals surface area contributed by atoms with Crippen molar-refractivity contribution in [2.24, 2.45) is 0 Å². The molecule has 0 aliphatic heterocycles. The molecule has 26 heavy (non-hydrogen) atoms. The largest absolute Gasteiger partial charge is 0.358 e. The maximum absolute atomic E-state index is 13.0. The van der Waals surface area contributed by atoms with Crippen molar-refractivity contribution < 1.29 is 8.42 Å². The first-order chi connectivity index (χ1) is 12.6. The zero-order valence-corrected chi connectivity index (χ0v) is 15.6. The molecule has 0 saturated heterocycles. The van der Waals surface area contributed by atoms with E-state index in [1.54, 1.807) is 30.5 Å². The maximum Gasteiger partial charge on any atom is 0.268 e. The van der Waals surface area contributed by atoms with Gasteiger partial charge in [0.25, 0.3) is 10.0 Å². The summed E-state index contributed by atoms with van der Waals surface area (Å²) in [6, 6.07) is 16.5. The molecule has 0 bridgehead atoms. The summed E-state index contributed by atoms with van der Waals surface area (Å²) in [7, 11) is -3.60. The minimum absolute atomic E-state index is 0.298. The van der Waals surface area contributed by atoms with Gasteiger partial charge in [0.15, 0.2) is 0 Å². The van der Waals surface area contributed by atoms with Crippen LogP contribution in [-0.4, -0.2) is 17.4 Å². The van der Waals surface area contributed by atoms with Gasteiger partial charge in [-0.1, -0.05) is 38.0 Å². The van der Waals surface area contributed by atoms with Gasteiger partial charge in [-0.2, -0.15) is 0 Å². The molecule has 0 atom stereocenters. The molecule has 134 valence electrons. The highest BCUT2D eigenvalue weighted by atomic mass is 32.2. The van der Waals surface area contributed by atoms with Crippen LogP contribution in [0.2, 0.25) is 0 Å². The maximum atomic E-state index is 13.0. The lowest BCUT2D eigenvalue weighted by Crippen LogP contribution is -2.11. The normalized spacial score (nSPS) is 12.2. The number of fused-ring (bicyclic) bond motifs is 3. The van der Waals surface area contributed by atoms with Gasteiger partial charge in [0.05, 0.1) is 10.4 Å². The summed E-state index contributed by atoms with van der Waals surface area (Å²) in [5.41, 5.74) is 2.97. The smallest absolute Gasteiger partial charge is 0.268 e. The van der Waals surface area contributed by atoms with Gasteiger partial charge in [0.1, 0.15) is 0 Å². The first kappa shape index (κ1) is 16.9. The Morgan fingerprint density at radius 1 is 0.962 bits per heavy atom. The Morgan fingerprint density at radius 2 is 1.77 bits per heavy atom. The number of hydrogen-bond acceptors (Lipinski definition) is 2. The second-order valence-corrected chi connectivity index (χ2v) is 8.46. The predicted molar refractivity (Wildman–Crippen MR) is 106 cm³/mol. The highest BCUT2D eigenvalue weighted by Gasteiger charge is 2.19. The summed E-state index contributed by atoms with van der Waals surface area (Å²) >= 11 is 0. The van der Waals surface area contributed by atoms with Crippen LogP contribution in [0.3, 0.4) is 0 Å². The Balaban J connectivity index is 1.80. The van der Waals surface area contributed by atoms with E-state index in [1.165, 1.54) is 22.5 Å². The summed E-state index contributed by atoms with van der Waals surface area (Å²) in [4.78, 5) is 3.77. The number of nitrogens with zero attached hydrogens (tertiary/aromatic N) is 1. The molecule has 0 aliphatic rings. The van der Waals surface area contributed by atoms with Crippen molar-refractivity contribution in [1.29, 1.82) is 0 Å². The average molecular weight is 366 g/mol. The van der Waals surface area contributed by atoms with E-state index in [9.17, 15) is 8.42 Å². The Morgan fingerprint density at radius 3 is 2.54 bits per heavy atom. The number of H-pyrrole nitrogens is 1. The summed E-state index contributed by atoms with van der Waals surface area (Å²) in [5.74, 6) is 0. The van der Waals surface area contributed by atoms with Gasteiger partial charge < -0.3 is 4.98 Å². The van der Waals surface area contributed by atoms with Crippen LogP contribution in [0.4, 0.5) is 0 Å². The van der Waals surface area contributed by atoms with Crippen LogP contribution < -0.4 is 0 Å². The van der Waals surface area contributed by atoms with Crippen molar-refractivity contribution >= 4 is 31.8 Å². The molecule has 5 heteroatoms. The fourth-order valence-corrected chi connectivity index (χ4v) is 4.85. The zero-order valence-electron chi connectivity index (χ0n) is 14.8. The van der Waals surface area contributed by atoms with Crippen LogP contribution in [0.1, 0.15) is 31.9 Å². The van der Waals surface area contributed by atoms with Gasteiger partial charge in [-0.05, 0) is 49.2 Å². The molecule has 0 aliphatic carbocycles. The van der Waals surface area contributed by atoms with Crippen LogP contribution >= 0.6 is 0 Å². The van der Waals surface area contributed by atoms with Crippen LogP contribution in [0.5, 0.6) is 0 Å². The SMILES string of the molecule is CCCCCc1cc2c(ccc3c2ccn3S(=O)(=O)c2ccccc2)[nH]1. The van der Waals surface area contributed by atoms with Crippen molar-refractivity contribution in [3.8, 4) is 0 Å². The standard InChI is InChI=1S/C21H22N2O2S/c1-2-3-5-8-16-15-19-18-13-14-23(21(18)12-11-20(19)22-16)26(24,25)17-9-6-4-7-10-17/h4,6-7,9-15,22H,2-3,5,8H2,1H3. The number of aromatic nitrogens is 2. The van der Waals surface area contributed by atoms with E-state index in [1.807, 2.05) is 24.3 Å². The molecule has 0 fully saturated rings. The van der Waals surface area contributed by atoms with E-state index in [0.717, 1.165) is 29.1 Å². The molecule has 2 aromatic carbocycles. The Hall–Kier alpha value is -2.53. The first-order valence-electron chi connectivity index (χ1n) is 9.03. The van der Waals surface area contributed by atoms with Gasteiger partial charge in [-0.3, -0.25) is 0 Å². The predicted octanol–water partition coefficient (Wildman–Crippen LogP) is 5.09. The van der Waals surface area contributed by atoms with Crippen LogP contribution in [0.15, 0.2) is 65.7 Å². The number of aromatic amines is 1. The number of aryl methyl sites for hydroxylation is 1. The Labute approximate surface area is 153 Å². The monoisotopic (exact) mass is 366 g/mol. The molecule has 0 spiro atoms. The molecular weight excluding hydrogens is 344 g/mol. The fraction of sp³-hybridized carbons (Fsp3) is 0.238. The number of nitrogens with one attached hydrogen (secondary N) is 1. The van der Waals surface area contributed by atoms with Crippen molar-refractivity contribution in [2.75, 3.05) is 0 Å². The lowest BCUT2D eigenvalue weighted by atomic mass is 10.1. The average Bonchev–Trinajstić information content (AvgIpc) is 3.26. The third-order valence-electron chi connectivity index (χ3n) is 4.84. The molecule has 4 rings (SSSR count). The van der Waals surface area contributed by atoms with Crippen molar-refractivity contribution in [3.63, 3.8) is 0 Å². The molecule has 0 radical (unpaired) electrons. The molecule has 4 aromatic rings. The molecule has 2 aromatic heterocycles. The van der Waals surface area contributed by atoms with Crippen molar-refractivity contribution in [2.45, 2.75) is 37.5 Å². The minimum Gasteiger partial charge on any atom is -0.358 e. The number of unbranched alkanes of at least 4 members (excludes halogenated alkanes) is 2. The van der Waals surface area contributed by atoms with Crippen LogP contribution in [0, 0.1) is 0 Å². The van der Waals surface area contributed by atoms with E-state index in [-0.39, 0.29) is 0 Å². The first-order valence-corrected chi connectivity index (χ1v) is 10.5. The molecule has 0 amide bonds. The second-order valence-electron chi connectivity index (χ2n) is 6.64. The molecular formula is C21H22N2O2S. The van der Waals surface area contributed by atoms with E-state index < -0.39 is 10.0 Å². The second kappa shape index (κ2) is 6.65. The molecule has 2 heterocycles. The summed E-state index contributed by atoms with van der Waals surface area (Å²) in [6.45, 7) is 2.20. The number of benzene rings is 2. The topological polar surface area (TPSA) is 54.9 Å². The number of rotatable bonds is 6. The summed E-state index contributed by atoms with van der Waals surface area (Å²) in [5, 5.41) is 2.04. The zero-order chi connectivity index (χ0) is 18.1. The fourth-order valence-electron chi connectivity index (χ4n) is 3.48. The van der Waals surface area contributed by atoms with Gasteiger partial charge in [0, 0.05) is 28.2 Å². The van der Waals surface area contributed by atoms with E-state index in [2.05, 4.69) is 18.0 Å². The van der Waals surface area contributed by atoms with Gasteiger partial charge >= 0.3 is 0 Å². The van der Waals surface area contributed by atoms with Crippen LogP contribution in [0.25, 0.3) is 21.8 Å². The minimum atomic E-state index is -3.60. The molecule has 0 saturated carbocycles. The summed E-state index contributed by atoms with van der Waals surface area (Å²) in [6.07, 6.45) is 6.25. The van der Waals surface area contributed by atoms with Gasteiger partial charge in [-0.25, -0.2) is 12.4 Å². The summed E-state index contributed by atoms with van der Waals surface area (Å²) < 4.78 is 27.3. The highest BCUT2D eigenvalue weighted by molar-refractivity contribution is 7.90. The lowest BCUT2D eigenvalue weighted by Gasteiger charge is -2.07. The quantitative estimate of drug-likeness (QED) is 0.483. The number of hydrogen-bond donors (Lipinski definition) is 1. The Bertz CT molecular complexity index is 1150. The van der Waals surface area contributed by atoms with E-state index in [0.29, 0.717) is 10.4 Å². The van der Waals surface area contributed by atoms with Gasteiger partial charge in [0.2, 0.25) is 0 Å². The van der Waals surface area contributed by atoms with E-state index in [4.69, 9.17) is 0 Å². The van der Waals surface area contributed by atoms with E-state index >= 15 is 0 Å². The lowest BCUT2D eigenvalue weighted by molar-refractivity contribution is 0.589.